The van der Waals surface area contributed by atoms with Crippen LogP contribution in [0.1, 0.15) is 31.9 Å². The molecule has 0 fully saturated rings. The van der Waals surface area contributed by atoms with Gasteiger partial charge in [0.2, 0.25) is 0 Å². The van der Waals surface area contributed by atoms with Crippen LogP contribution in [0.2, 0.25) is 0 Å². The monoisotopic (exact) mass is 329 g/mol. The Balaban J connectivity index is 2.42. The van der Waals surface area contributed by atoms with Gasteiger partial charge in [0.1, 0.15) is 11.6 Å². The van der Waals surface area contributed by atoms with Crippen LogP contribution in [0.3, 0.4) is 0 Å². The summed E-state index contributed by atoms with van der Waals surface area (Å²) < 4.78 is 5.58. The van der Waals surface area contributed by atoms with Crippen molar-refractivity contribution in [1.29, 1.82) is 0 Å². The van der Waals surface area contributed by atoms with E-state index in [0.29, 0.717) is 12.4 Å². The average Bonchev–Trinajstić information content (AvgIpc) is 2.59. The summed E-state index contributed by atoms with van der Waals surface area (Å²) in [5, 5.41) is 12.8. The van der Waals surface area contributed by atoms with Crippen LogP contribution >= 0.6 is 0 Å². The van der Waals surface area contributed by atoms with Crippen LogP contribution in [0.25, 0.3) is 11.3 Å². The number of hydrogen-bond donors (Lipinski definition) is 3. The number of nitrogens with zero attached hydrogens (tertiary/aromatic N) is 1. The molecule has 0 saturated carbocycles. The molecule has 5 nitrogen and oxygen atoms in total. The fraction of sp³-hybridized carbons (Fsp3) is 0.421. The van der Waals surface area contributed by atoms with Gasteiger partial charge in [-0.2, -0.15) is 0 Å². The molecule has 2 rings (SSSR count). The van der Waals surface area contributed by atoms with Crippen molar-refractivity contribution in [3.8, 4) is 17.0 Å². The summed E-state index contributed by atoms with van der Waals surface area (Å²) in [6.45, 7) is 6.81. The number of hydrogen-bond acceptors (Lipinski definition) is 5. The van der Waals surface area contributed by atoms with Gasteiger partial charge < -0.3 is 20.9 Å². The Labute approximate surface area is 143 Å². The first kappa shape index (κ1) is 18.2. The molecule has 1 heterocycles. The molecular weight excluding hydrogens is 302 g/mol. The van der Waals surface area contributed by atoms with E-state index in [9.17, 15) is 5.11 Å². The fourth-order valence-corrected chi connectivity index (χ4v) is 2.52. The molecule has 0 spiro atoms. The summed E-state index contributed by atoms with van der Waals surface area (Å²) in [5.41, 5.74) is 9.60. The lowest BCUT2D eigenvalue weighted by molar-refractivity contribution is 0.187. The average molecular weight is 329 g/mol. The van der Waals surface area contributed by atoms with E-state index in [1.54, 1.807) is 13.2 Å². The van der Waals surface area contributed by atoms with Crippen molar-refractivity contribution < 1.29 is 9.84 Å². The molecule has 0 amide bonds. The Hall–Kier alpha value is -2.11. The molecule has 0 atom stereocenters. The molecule has 0 unspecified atom stereocenters. The minimum atomic E-state index is -0.327. The Kier molecular flexibility index (Phi) is 5.80. The molecule has 5 heteroatoms. The first-order valence-electron chi connectivity index (χ1n) is 8.18. The zero-order chi connectivity index (χ0) is 17.7. The molecular formula is C19H27N3O2. The summed E-state index contributed by atoms with van der Waals surface area (Å²) in [7, 11) is 1.66. The van der Waals surface area contributed by atoms with Crippen LogP contribution < -0.4 is 15.8 Å². The number of ether oxygens (including phenoxy) is 1. The maximum absolute atomic E-state index is 9.41. The number of aromatic nitrogens is 1. The van der Waals surface area contributed by atoms with Gasteiger partial charge in [-0.3, -0.25) is 0 Å². The van der Waals surface area contributed by atoms with Gasteiger partial charge >= 0.3 is 0 Å². The third-order valence-corrected chi connectivity index (χ3v) is 4.10. The minimum absolute atomic E-state index is 0.0802. The molecule has 4 N–H and O–H groups in total. The summed E-state index contributed by atoms with van der Waals surface area (Å²) in [5.74, 6) is 1.26. The molecule has 0 aliphatic rings. The van der Waals surface area contributed by atoms with E-state index >= 15 is 0 Å². The SMILES string of the molecule is CCc1cc(-c2cccc(N)n2)c(OC)cc1CNC(C)(C)CO. The number of aliphatic hydroxyl groups is 1. The lowest BCUT2D eigenvalue weighted by atomic mass is 9.97. The van der Waals surface area contributed by atoms with Gasteiger partial charge in [0.15, 0.2) is 0 Å². The van der Waals surface area contributed by atoms with E-state index in [-0.39, 0.29) is 12.1 Å². The lowest BCUT2D eigenvalue weighted by Gasteiger charge is -2.25. The Morgan fingerprint density at radius 2 is 2.00 bits per heavy atom. The summed E-state index contributed by atoms with van der Waals surface area (Å²) in [6.07, 6.45) is 0.899. The summed E-state index contributed by atoms with van der Waals surface area (Å²) >= 11 is 0. The number of methoxy groups -OCH3 is 1. The fourth-order valence-electron chi connectivity index (χ4n) is 2.52. The van der Waals surface area contributed by atoms with Crippen molar-refractivity contribution in [3.63, 3.8) is 0 Å². The number of aryl methyl sites for hydroxylation is 1. The van der Waals surface area contributed by atoms with Crippen molar-refractivity contribution in [2.45, 2.75) is 39.3 Å². The van der Waals surface area contributed by atoms with E-state index < -0.39 is 0 Å². The van der Waals surface area contributed by atoms with Gasteiger partial charge in [-0.25, -0.2) is 4.98 Å². The molecule has 0 aliphatic heterocycles. The molecule has 1 aromatic carbocycles. The zero-order valence-corrected chi connectivity index (χ0v) is 14.9. The van der Waals surface area contributed by atoms with Crippen molar-refractivity contribution in [2.24, 2.45) is 0 Å². The van der Waals surface area contributed by atoms with Crippen molar-refractivity contribution in [3.05, 3.63) is 41.5 Å². The van der Waals surface area contributed by atoms with Gasteiger partial charge in [-0.05, 0) is 55.7 Å². The Morgan fingerprint density at radius 1 is 1.25 bits per heavy atom. The maximum Gasteiger partial charge on any atom is 0.128 e. The highest BCUT2D eigenvalue weighted by atomic mass is 16.5. The number of benzene rings is 1. The highest BCUT2D eigenvalue weighted by molar-refractivity contribution is 5.70. The first-order chi connectivity index (χ1) is 11.4. The van der Waals surface area contributed by atoms with E-state index in [0.717, 1.165) is 29.0 Å². The predicted octanol–water partition coefficient (Wildman–Crippen LogP) is 2.76. The Bertz CT molecular complexity index is 699. The molecule has 0 aliphatic carbocycles. The highest BCUT2D eigenvalue weighted by Gasteiger charge is 2.17. The van der Waals surface area contributed by atoms with Crippen molar-refractivity contribution in [2.75, 3.05) is 19.5 Å². The van der Waals surface area contributed by atoms with Crippen molar-refractivity contribution in [1.82, 2.24) is 10.3 Å². The summed E-state index contributed by atoms with van der Waals surface area (Å²) in [6, 6.07) is 9.75. The van der Waals surface area contributed by atoms with Crippen molar-refractivity contribution >= 4 is 5.82 Å². The van der Waals surface area contributed by atoms with E-state index in [1.807, 2.05) is 32.0 Å². The lowest BCUT2D eigenvalue weighted by Crippen LogP contribution is -2.42. The van der Waals surface area contributed by atoms with E-state index in [2.05, 4.69) is 23.3 Å². The number of nitrogens with one attached hydrogen (secondary N) is 1. The number of nitrogens with two attached hydrogens (primary N) is 1. The van der Waals surface area contributed by atoms with Gasteiger partial charge in [0.05, 0.1) is 19.4 Å². The smallest absolute Gasteiger partial charge is 0.128 e. The number of nitrogen functional groups attached to an aromatic ring is 1. The minimum Gasteiger partial charge on any atom is -0.496 e. The van der Waals surface area contributed by atoms with Gasteiger partial charge in [0.25, 0.3) is 0 Å². The molecule has 0 radical (unpaired) electrons. The zero-order valence-electron chi connectivity index (χ0n) is 14.9. The van der Waals surface area contributed by atoms with E-state index in [1.165, 1.54) is 5.56 Å². The predicted molar refractivity (Wildman–Crippen MR) is 98.0 cm³/mol. The quantitative estimate of drug-likeness (QED) is 0.728. The van der Waals surface area contributed by atoms with E-state index in [4.69, 9.17) is 10.5 Å². The largest absolute Gasteiger partial charge is 0.496 e. The van der Waals surface area contributed by atoms with Gasteiger partial charge in [-0.15, -0.1) is 0 Å². The maximum atomic E-state index is 9.41. The van der Waals surface area contributed by atoms with Gasteiger partial charge in [0, 0.05) is 17.6 Å². The van der Waals surface area contributed by atoms with Crippen LogP contribution in [0, 0.1) is 0 Å². The first-order valence-corrected chi connectivity index (χ1v) is 8.18. The topological polar surface area (TPSA) is 80.4 Å². The van der Waals surface area contributed by atoms with Gasteiger partial charge in [-0.1, -0.05) is 13.0 Å². The molecule has 2 aromatic rings. The molecule has 0 saturated heterocycles. The Morgan fingerprint density at radius 3 is 2.58 bits per heavy atom. The van der Waals surface area contributed by atoms with Crippen LogP contribution in [0.5, 0.6) is 5.75 Å². The number of anilines is 1. The molecule has 0 bridgehead atoms. The third kappa shape index (κ3) is 4.24. The number of rotatable bonds is 7. The molecule has 1 aromatic heterocycles. The third-order valence-electron chi connectivity index (χ3n) is 4.10. The number of aliphatic hydroxyl groups excluding tert-OH is 1. The normalized spacial score (nSPS) is 11.5. The standard InChI is InChI=1S/C19H27N3O2/c1-5-13-9-15(16-7-6-8-18(20)22-16)17(24-4)10-14(13)11-21-19(2,3)12-23/h6-10,21,23H,5,11-12H2,1-4H3,(H2,20,22). The summed E-state index contributed by atoms with van der Waals surface area (Å²) in [4.78, 5) is 4.40. The second-order valence-electron chi connectivity index (χ2n) is 6.52. The number of pyridine rings is 1. The second kappa shape index (κ2) is 7.64. The highest BCUT2D eigenvalue weighted by Crippen LogP contribution is 2.32. The van der Waals surface area contributed by atoms with Crippen LogP contribution in [0.15, 0.2) is 30.3 Å². The van der Waals surface area contributed by atoms with Crippen LogP contribution in [-0.2, 0) is 13.0 Å². The molecule has 130 valence electrons. The molecule has 24 heavy (non-hydrogen) atoms. The second-order valence-corrected chi connectivity index (χ2v) is 6.52. The van der Waals surface area contributed by atoms with Crippen LogP contribution in [0.4, 0.5) is 5.82 Å². The van der Waals surface area contributed by atoms with Crippen LogP contribution in [-0.4, -0.2) is 29.3 Å².